The second-order valence-corrected chi connectivity index (χ2v) is 7.23. The third-order valence-electron chi connectivity index (χ3n) is 4.71. The van der Waals surface area contributed by atoms with Crippen LogP contribution in [0, 0.1) is 12.5 Å². The standard InChI is InChI=1S/C19H16Cl2N4O3/c1-2-24-10-12(11-8-22-25(9-11)15-5-3-4-6-28-15)16-14(23-19(26)27)7-13(20)17(21)18(16)24/h1,7-10,15,23H,3-6H2,(H,26,27). The molecule has 1 aromatic carbocycles. The Bertz CT molecular complexity index is 1110. The van der Waals surface area contributed by atoms with Crippen LogP contribution in [-0.2, 0) is 4.74 Å². The SMILES string of the molecule is C#Cn1cc(-c2cnn(C3CCCCO3)c2)c2c(NC(=O)O)cc(Cl)c(Cl)c21. The first kappa shape index (κ1) is 18.7. The van der Waals surface area contributed by atoms with Gasteiger partial charge >= 0.3 is 6.09 Å². The molecule has 4 rings (SSSR count). The summed E-state index contributed by atoms with van der Waals surface area (Å²) >= 11 is 12.6. The topological polar surface area (TPSA) is 81.3 Å². The van der Waals surface area contributed by atoms with Crippen LogP contribution in [-0.4, -0.2) is 32.2 Å². The second-order valence-electron chi connectivity index (χ2n) is 6.45. The van der Waals surface area contributed by atoms with Crippen molar-refractivity contribution < 1.29 is 14.6 Å². The fourth-order valence-corrected chi connectivity index (χ4v) is 3.91. The van der Waals surface area contributed by atoms with Crippen molar-refractivity contribution in [3.05, 3.63) is 34.7 Å². The molecule has 9 heteroatoms. The smallest absolute Gasteiger partial charge is 0.409 e. The predicted molar refractivity (Wildman–Crippen MR) is 108 cm³/mol. The molecular weight excluding hydrogens is 403 g/mol. The summed E-state index contributed by atoms with van der Waals surface area (Å²) in [6.45, 7) is 0.705. The van der Waals surface area contributed by atoms with Gasteiger partial charge in [-0.05, 0) is 25.3 Å². The van der Waals surface area contributed by atoms with E-state index in [1.807, 2.05) is 6.20 Å². The Balaban J connectivity index is 1.90. The van der Waals surface area contributed by atoms with Crippen LogP contribution in [0.1, 0.15) is 25.5 Å². The Morgan fingerprint density at radius 1 is 1.39 bits per heavy atom. The Morgan fingerprint density at radius 2 is 2.21 bits per heavy atom. The monoisotopic (exact) mass is 418 g/mol. The van der Waals surface area contributed by atoms with Gasteiger partial charge in [-0.2, -0.15) is 5.10 Å². The van der Waals surface area contributed by atoms with Crippen molar-refractivity contribution in [2.24, 2.45) is 0 Å². The van der Waals surface area contributed by atoms with E-state index >= 15 is 0 Å². The number of benzene rings is 1. The zero-order valence-electron chi connectivity index (χ0n) is 14.7. The molecule has 1 aliphatic heterocycles. The summed E-state index contributed by atoms with van der Waals surface area (Å²) in [5.41, 5.74) is 2.21. The average molecular weight is 419 g/mol. The lowest BCUT2D eigenvalue weighted by Crippen LogP contribution is -2.18. The average Bonchev–Trinajstić information content (AvgIpc) is 3.31. The molecule has 0 radical (unpaired) electrons. The van der Waals surface area contributed by atoms with Crippen LogP contribution in [0.3, 0.4) is 0 Å². The number of carboxylic acid groups (broad SMARTS) is 1. The maximum Gasteiger partial charge on any atom is 0.409 e. The molecule has 1 saturated heterocycles. The molecule has 7 nitrogen and oxygen atoms in total. The van der Waals surface area contributed by atoms with Gasteiger partial charge in [0.15, 0.2) is 0 Å². The third-order valence-corrected chi connectivity index (χ3v) is 5.48. The molecule has 1 fully saturated rings. The number of anilines is 1. The lowest BCUT2D eigenvalue weighted by Gasteiger charge is -2.22. The van der Waals surface area contributed by atoms with Crippen LogP contribution in [0.25, 0.3) is 22.0 Å². The van der Waals surface area contributed by atoms with Crippen molar-refractivity contribution in [3.8, 4) is 23.6 Å². The lowest BCUT2D eigenvalue weighted by atomic mass is 10.1. The largest absolute Gasteiger partial charge is 0.465 e. The molecule has 0 saturated carbocycles. The number of hydrogen-bond donors (Lipinski definition) is 2. The highest BCUT2D eigenvalue weighted by atomic mass is 35.5. The number of rotatable bonds is 3. The number of halogens is 2. The van der Waals surface area contributed by atoms with Crippen LogP contribution in [0.5, 0.6) is 0 Å². The molecule has 144 valence electrons. The normalized spacial score (nSPS) is 16.8. The number of carbonyl (C=O) groups is 1. The second kappa shape index (κ2) is 7.40. The molecule has 1 atom stereocenters. The number of ether oxygens (including phenoxy) is 1. The molecule has 2 aromatic heterocycles. The molecule has 0 spiro atoms. The Morgan fingerprint density at radius 3 is 2.89 bits per heavy atom. The summed E-state index contributed by atoms with van der Waals surface area (Å²) in [6.07, 6.45) is 12.6. The van der Waals surface area contributed by atoms with E-state index in [4.69, 9.17) is 34.4 Å². The number of terminal acetylenes is 1. The molecule has 2 N–H and O–H groups in total. The number of hydrogen-bond acceptors (Lipinski definition) is 3. The van der Waals surface area contributed by atoms with E-state index in [9.17, 15) is 9.90 Å². The first-order chi connectivity index (χ1) is 13.5. The van der Waals surface area contributed by atoms with Gasteiger partial charge in [-0.25, -0.2) is 9.48 Å². The Hall–Kier alpha value is -2.66. The van der Waals surface area contributed by atoms with E-state index < -0.39 is 6.09 Å². The van der Waals surface area contributed by atoms with Crippen molar-refractivity contribution in [2.45, 2.75) is 25.5 Å². The van der Waals surface area contributed by atoms with Crippen molar-refractivity contribution >= 4 is 45.9 Å². The van der Waals surface area contributed by atoms with Gasteiger partial charge in [0.05, 0.1) is 27.4 Å². The number of amides is 1. The number of nitrogens with zero attached hydrogens (tertiary/aromatic N) is 3. The van der Waals surface area contributed by atoms with Gasteiger partial charge in [0.25, 0.3) is 0 Å². The summed E-state index contributed by atoms with van der Waals surface area (Å²) in [6, 6.07) is 4.00. The molecule has 28 heavy (non-hydrogen) atoms. The lowest BCUT2D eigenvalue weighted by molar-refractivity contribution is -0.0394. The molecule has 3 heterocycles. The summed E-state index contributed by atoms with van der Waals surface area (Å²) in [7, 11) is 0. The summed E-state index contributed by atoms with van der Waals surface area (Å²) in [5.74, 6) is 0. The summed E-state index contributed by atoms with van der Waals surface area (Å²) in [5, 5.41) is 17.0. The summed E-state index contributed by atoms with van der Waals surface area (Å²) in [4.78, 5) is 11.3. The van der Waals surface area contributed by atoms with E-state index in [1.54, 1.807) is 17.1 Å². The predicted octanol–water partition coefficient (Wildman–Crippen LogP) is 5.04. The first-order valence-corrected chi connectivity index (χ1v) is 9.41. The highest BCUT2D eigenvalue weighted by Crippen LogP contribution is 2.42. The summed E-state index contributed by atoms with van der Waals surface area (Å²) < 4.78 is 9.03. The van der Waals surface area contributed by atoms with Crippen molar-refractivity contribution in [2.75, 3.05) is 11.9 Å². The Labute approximate surface area is 170 Å². The zero-order valence-corrected chi connectivity index (χ0v) is 16.2. The van der Waals surface area contributed by atoms with E-state index in [-0.39, 0.29) is 16.3 Å². The molecular formula is C19H16Cl2N4O3. The van der Waals surface area contributed by atoms with Crippen molar-refractivity contribution in [3.63, 3.8) is 0 Å². The van der Waals surface area contributed by atoms with Gasteiger partial charge in [0.2, 0.25) is 0 Å². The quantitative estimate of drug-likeness (QED) is 0.583. The number of fused-ring (bicyclic) bond motifs is 1. The highest BCUT2D eigenvalue weighted by Gasteiger charge is 2.22. The van der Waals surface area contributed by atoms with Gasteiger partial charge in [-0.15, -0.1) is 0 Å². The van der Waals surface area contributed by atoms with Crippen LogP contribution >= 0.6 is 23.2 Å². The van der Waals surface area contributed by atoms with Gasteiger partial charge in [0, 0.05) is 41.6 Å². The van der Waals surface area contributed by atoms with Gasteiger partial charge in [-0.3, -0.25) is 9.88 Å². The number of nitrogens with one attached hydrogen (secondary N) is 1. The fourth-order valence-electron chi connectivity index (χ4n) is 3.47. The van der Waals surface area contributed by atoms with Crippen LogP contribution in [0.15, 0.2) is 24.7 Å². The molecule has 1 amide bonds. The molecule has 0 aliphatic carbocycles. The molecule has 0 bridgehead atoms. The minimum atomic E-state index is -1.22. The van der Waals surface area contributed by atoms with E-state index in [2.05, 4.69) is 16.5 Å². The van der Waals surface area contributed by atoms with Crippen LogP contribution < -0.4 is 5.32 Å². The fraction of sp³-hybridized carbons (Fsp3) is 0.263. The highest BCUT2D eigenvalue weighted by molar-refractivity contribution is 6.46. The minimum Gasteiger partial charge on any atom is -0.465 e. The van der Waals surface area contributed by atoms with E-state index in [0.717, 1.165) is 24.8 Å². The van der Waals surface area contributed by atoms with Crippen molar-refractivity contribution in [1.82, 2.24) is 14.3 Å². The van der Waals surface area contributed by atoms with Crippen molar-refractivity contribution in [1.29, 1.82) is 0 Å². The number of aromatic nitrogens is 3. The zero-order chi connectivity index (χ0) is 19.8. The van der Waals surface area contributed by atoms with E-state index in [1.165, 1.54) is 10.6 Å². The van der Waals surface area contributed by atoms with Gasteiger partial charge in [-0.1, -0.05) is 29.6 Å². The van der Waals surface area contributed by atoms with Gasteiger partial charge in [0.1, 0.15) is 6.23 Å². The molecule has 1 unspecified atom stereocenters. The maximum absolute atomic E-state index is 11.3. The Kier molecular flexibility index (Phi) is 4.94. The van der Waals surface area contributed by atoms with Crippen LogP contribution in [0.4, 0.5) is 10.5 Å². The van der Waals surface area contributed by atoms with Crippen LogP contribution in [0.2, 0.25) is 10.0 Å². The maximum atomic E-state index is 11.3. The molecule has 3 aromatic rings. The van der Waals surface area contributed by atoms with E-state index in [0.29, 0.717) is 28.8 Å². The minimum absolute atomic E-state index is 0.113. The molecule has 1 aliphatic rings. The first-order valence-electron chi connectivity index (χ1n) is 8.65. The van der Waals surface area contributed by atoms with Gasteiger partial charge < -0.3 is 9.84 Å². The third kappa shape index (κ3) is 3.20.